The molecule has 172 valence electrons. The lowest BCUT2D eigenvalue weighted by atomic mass is 10.1. The molecule has 0 radical (unpaired) electrons. The van der Waals surface area contributed by atoms with E-state index in [1.807, 2.05) is 0 Å². The number of phenols is 2. The lowest BCUT2D eigenvalue weighted by molar-refractivity contribution is 0.0546. The maximum absolute atomic E-state index is 12.9. The van der Waals surface area contributed by atoms with Gasteiger partial charge in [0.15, 0.2) is 11.6 Å². The SMILES string of the molecule is O=C(c1ccc(-n2nc(-c3ccccc3O)nc2-c2ccccc2O)cc1)N1CCC(O)CC1. The van der Waals surface area contributed by atoms with Crippen molar-refractivity contribution >= 4 is 5.91 Å². The highest BCUT2D eigenvalue weighted by atomic mass is 16.3. The molecule has 0 unspecified atom stereocenters. The number of hydrogen-bond acceptors (Lipinski definition) is 6. The first-order chi connectivity index (χ1) is 16.5. The summed E-state index contributed by atoms with van der Waals surface area (Å²) < 4.78 is 1.59. The second kappa shape index (κ2) is 8.99. The second-order valence-corrected chi connectivity index (χ2v) is 8.28. The molecule has 1 amide bonds. The zero-order valence-corrected chi connectivity index (χ0v) is 18.4. The minimum Gasteiger partial charge on any atom is -0.507 e. The van der Waals surface area contributed by atoms with Gasteiger partial charge in [-0.25, -0.2) is 9.67 Å². The van der Waals surface area contributed by atoms with Crippen molar-refractivity contribution in [3.8, 4) is 40.0 Å². The molecule has 3 N–H and O–H groups in total. The van der Waals surface area contributed by atoms with Crippen LogP contribution in [-0.2, 0) is 0 Å². The molecule has 1 saturated heterocycles. The molecule has 8 heteroatoms. The van der Waals surface area contributed by atoms with E-state index in [0.29, 0.717) is 60.0 Å². The molecule has 0 spiro atoms. The Morgan fingerprint density at radius 3 is 2.03 bits per heavy atom. The number of aromatic hydroxyl groups is 2. The summed E-state index contributed by atoms with van der Waals surface area (Å²) in [6.07, 6.45) is 0.828. The largest absolute Gasteiger partial charge is 0.507 e. The van der Waals surface area contributed by atoms with E-state index in [0.717, 1.165) is 0 Å². The Labute approximate surface area is 196 Å². The summed E-state index contributed by atoms with van der Waals surface area (Å²) in [4.78, 5) is 19.2. The first-order valence-corrected chi connectivity index (χ1v) is 11.1. The standard InChI is InChI=1S/C26H24N4O4/c31-19-13-15-29(16-14-19)26(34)17-9-11-18(12-10-17)30-25(21-6-2-4-8-23(21)33)27-24(28-30)20-5-1-3-7-22(20)32/h1-12,19,31-33H,13-16H2. The van der Waals surface area contributed by atoms with Gasteiger partial charge in [0.05, 0.1) is 22.9 Å². The van der Waals surface area contributed by atoms with Gasteiger partial charge in [-0.2, -0.15) is 0 Å². The van der Waals surface area contributed by atoms with Crippen LogP contribution in [-0.4, -0.2) is 60.1 Å². The van der Waals surface area contributed by atoms with Crippen LogP contribution in [0.1, 0.15) is 23.2 Å². The number of phenolic OH excluding ortho intramolecular Hbond substituents is 2. The van der Waals surface area contributed by atoms with E-state index >= 15 is 0 Å². The van der Waals surface area contributed by atoms with Crippen molar-refractivity contribution in [2.45, 2.75) is 18.9 Å². The smallest absolute Gasteiger partial charge is 0.253 e. The molecule has 4 aromatic rings. The number of benzene rings is 3. The Morgan fingerprint density at radius 2 is 1.41 bits per heavy atom. The van der Waals surface area contributed by atoms with Crippen LogP contribution < -0.4 is 0 Å². The predicted molar refractivity (Wildman–Crippen MR) is 127 cm³/mol. The Balaban J connectivity index is 1.53. The minimum absolute atomic E-state index is 0.0519. The number of rotatable bonds is 4. The van der Waals surface area contributed by atoms with Crippen molar-refractivity contribution in [2.24, 2.45) is 0 Å². The molecule has 1 aliphatic rings. The average molecular weight is 457 g/mol. The molecule has 1 aliphatic heterocycles. The van der Waals surface area contributed by atoms with Gasteiger partial charge >= 0.3 is 0 Å². The fourth-order valence-electron chi connectivity index (χ4n) is 4.10. The van der Waals surface area contributed by atoms with Gasteiger partial charge in [0.1, 0.15) is 11.5 Å². The van der Waals surface area contributed by atoms with Crippen LogP contribution in [0.5, 0.6) is 11.5 Å². The molecule has 3 aromatic carbocycles. The summed E-state index contributed by atoms with van der Waals surface area (Å²) in [5.74, 6) is 0.742. The van der Waals surface area contributed by atoms with E-state index < -0.39 is 0 Å². The van der Waals surface area contributed by atoms with E-state index in [1.54, 1.807) is 82.4 Å². The van der Waals surface area contributed by atoms with Crippen molar-refractivity contribution in [3.05, 3.63) is 78.4 Å². The monoisotopic (exact) mass is 456 g/mol. The van der Waals surface area contributed by atoms with E-state index in [2.05, 4.69) is 10.1 Å². The summed E-state index contributed by atoms with van der Waals surface area (Å²) >= 11 is 0. The van der Waals surface area contributed by atoms with Crippen LogP contribution in [0.2, 0.25) is 0 Å². The quantitative estimate of drug-likeness (QED) is 0.433. The molecule has 5 rings (SSSR count). The van der Waals surface area contributed by atoms with Gasteiger partial charge in [0.25, 0.3) is 5.91 Å². The fourth-order valence-corrected chi connectivity index (χ4v) is 4.10. The molecule has 2 heterocycles. The number of nitrogens with zero attached hydrogens (tertiary/aromatic N) is 4. The van der Waals surface area contributed by atoms with E-state index in [4.69, 9.17) is 0 Å². The first-order valence-electron chi connectivity index (χ1n) is 11.1. The minimum atomic E-state index is -0.343. The maximum Gasteiger partial charge on any atom is 0.253 e. The second-order valence-electron chi connectivity index (χ2n) is 8.28. The Kier molecular flexibility index (Phi) is 5.73. The fraction of sp³-hybridized carbons (Fsp3) is 0.192. The average Bonchev–Trinajstić information content (AvgIpc) is 3.30. The third-order valence-corrected chi connectivity index (χ3v) is 6.01. The normalized spacial score (nSPS) is 14.3. The summed E-state index contributed by atoms with van der Waals surface area (Å²) in [6.45, 7) is 1.07. The molecule has 1 fully saturated rings. The molecular weight excluding hydrogens is 432 g/mol. The molecule has 0 saturated carbocycles. The first kappa shape index (κ1) is 21.7. The number of aliphatic hydroxyl groups excluding tert-OH is 1. The van der Waals surface area contributed by atoms with Crippen molar-refractivity contribution in [1.29, 1.82) is 0 Å². The number of hydrogen-bond donors (Lipinski definition) is 3. The van der Waals surface area contributed by atoms with Crippen LogP contribution in [0.3, 0.4) is 0 Å². The molecule has 1 aromatic heterocycles. The van der Waals surface area contributed by atoms with Crippen LogP contribution in [0, 0.1) is 0 Å². The number of para-hydroxylation sites is 2. The molecule has 34 heavy (non-hydrogen) atoms. The summed E-state index contributed by atoms with van der Waals surface area (Å²) in [5, 5.41) is 35.1. The Morgan fingerprint density at radius 1 is 0.824 bits per heavy atom. The van der Waals surface area contributed by atoms with Crippen molar-refractivity contribution in [1.82, 2.24) is 19.7 Å². The van der Waals surface area contributed by atoms with Gasteiger partial charge in [-0.3, -0.25) is 4.79 Å². The third kappa shape index (κ3) is 4.11. The Hall–Kier alpha value is -4.17. The van der Waals surface area contributed by atoms with Crippen molar-refractivity contribution in [3.63, 3.8) is 0 Å². The van der Waals surface area contributed by atoms with Gasteiger partial charge in [-0.1, -0.05) is 24.3 Å². The van der Waals surface area contributed by atoms with E-state index in [9.17, 15) is 20.1 Å². The highest BCUT2D eigenvalue weighted by Gasteiger charge is 2.23. The highest BCUT2D eigenvalue weighted by Crippen LogP contribution is 2.33. The third-order valence-electron chi connectivity index (χ3n) is 6.01. The number of likely N-dealkylation sites (tertiary alicyclic amines) is 1. The lowest BCUT2D eigenvalue weighted by Gasteiger charge is -2.29. The molecular formula is C26H24N4O4. The number of carbonyl (C=O) groups is 1. The number of carbonyl (C=O) groups excluding carboxylic acids is 1. The zero-order chi connectivity index (χ0) is 23.7. The maximum atomic E-state index is 12.9. The van der Waals surface area contributed by atoms with E-state index in [1.165, 1.54) is 0 Å². The van der Waals surface area contributed by atoms with Crippen molar-refractivity contribution in [2.75, 3.05) is 13.1 Å². The molecule has 0 aliphatic carbocycles. The van der Waals surface area contributed by atoms with Crippen LogP contribution in [0.25, 0.3) is 28.5 Å². The van der Waals surface area contributed by atoms with Crippen LogP contribution in [0.4, 0.5) is 0 Å². The summed E-state index contributed by atoms with van der Waals surface area (Å²) in [5.41, 5.74) is 2.16. The summed E-state index contributed by atoms with van der Waals surface area (Å²) in [7, 11) is 0. The number of amides is 1. The van der Waals surface area contributed by atoms with Crippen LogP contribution in [0.15, 0.2) is 72.8 Å². The molecule has 0 bridgehead atoms. The van der Waals surface area contributed by atoms with Crippen LogP contribution >= 0.6 is 0 Å². The predicted octanol–water partition coefficient (Wildman–Crippen LogP) is 3.61. The van der Waals surface area contributed by atoms with Gasteiger partial charge in [0.2, 0.25) is 0 Å². The summed E-state index contributed by atoms with van der Waals surface area (Å²) in [6, 6.07) is 20.7. The molecule has 8 nitrogen and oxygen atoms in total. The van der Waals surface area contributed by atoms with Gasteiger partial charge in [-0.05, 0) is 61.4 Å². The van der Waals surface area contributed by atoms with E-state index in [-0.39, 0.29) is 23.5 Å². The number of piperidine rings is 1. The number of aromatic nitrogens is 3. The highest BCUT2D eigenvalue weighted by molar-refractivity contribution is 5.94. The van der Waals surface area contributed by atoms with Gasteiger partial charge in [0, 0.05) is 18.7 Å². The topological polar surface area (TPSA) is 112 Å². The van der Waals surface area contributed by atoms with Gasteiger partial charge in [-0.15, -0.1) is 5.10 Å². The molecule has 0 atom stereocenters. The number of aliphatic hydroxyl groups is 1. The lowest BCUT2D eigenvalue weighted by Crippen LogP contribution is -2.40. The van der Waals surface area contributed by atoms with Gasteiger partial charge < -0.3 is 20.2 Å². The Bertz CT molecular complexity index is 1320. The zero-order valence-electron chi connectivity index (χ0n) is 18.4. The van der Waals surface area contributed by atoms with Crippen molar-refractivity contribution < 1.29 is 20.1 Å².